The molecule has 0 aliphatic heterocycles. The molecule has 2 heterocycles. The van der Waals surface area contributed by atoms with Gasteiger partial charge in [0, 0.05) is 36.4 Å². The zero-order valence-electron chi connectivity index (χ0n) is 14.2. The van der Waals surface area contributed by atoms with E-state index in [2.05, 4.69) is 53.0 Å². The summed E-state index contributed by atoms with van der Waals surface area (Å²) in [5, 5.41) is 1.25. The second kappa shape index (κ2) is 5.90. The normalized spacial score (nSPS) is 14.2. The Bertz CT molecular complexity index is 919. The van der Waals surface area contributed by atoms with E-state index in [1.807, 2.05) is 6.20 Å². The molecular formula is C21H22N2O. The lowest BCUT2D eigenvalue weighted by molar-refractivity contribution is 0.101. The number of ketones is 1. The Hall–Kier alpha value is -2.42. The number of fused-ring (bicyclic) bond motifs is 1. The van der Waals surface area contributed by atoms with Crippen LogP contribution in [-0.4, -0.2) is 15.3 Å². The maximum atomic E-state index is 12.1. The summed E-state index contributed by atoms with van der Waals surface area (Å²) in [5.41, 5.74) is 5.34. The van der Waals surface area contributed by atoms with E-state index < -0.39 is 0 Å². The van der Waals surface area contributed by atoms with Gasteiger partial charge in [0.1, 0.15) is 0 Å². The first-order valence-corrected chi connectivity index (χ1v) is 8.73. The molecule has 4 rings (SSSR count). The molecule has 1 aliphatic rings. The summed E-state index contributed by atoms with van der Waals surface area (Å²) in [5.74, 6) is 0.729. The number of rotatable bonds is 5. The number of hydrogen-bond acceptors (Lipinski definition) is 2. The van der Waals surface area contributed by atoms with Crippen LogP contribution < -0.4 is 0 Å². The summed E-state index contributed by atoms with van der Waals surface area (Å²) < 4.78 is 2.24. The highest BCUT2D eigenvalue weighted by atomic mass is 16.1. The van der Waals surface area contributed by atoms with E-state index in [1.54, 1.807) is 6.92 Å². The molecule has 3 nitrogen and oxygen atoms in total. The van der Waals surface area contributed by atoms with Crippen LogP contribution in [0, 0.1) is 0 Å². The van der Waals surface area contributed by atoms with Gasteiger partial charge in [-0.1, -0.05) is 12.1 Å². The second-order valence-electron chi connectivity index (χ2n) is 6.77. The third-order valence-corrected chi connectivity index (χ3v) is 4.97. The number of carbonyl (C=O) groups is 1. The van der Waals surface area contributed by atoms with Crippen molar-refractivity contribution in [2.45, 2.75) is 45.6 Å². The van der Waals surface area contributed by atoms with Crippen molar-refractivity contribution in [3.63, 3.8) is 0 Å². The zero-order valence-corrected chi connectivity index (χ0v) is 14.2. The van der Waals surface area contributed by atoms with Crippen molar-refractivity contribution in [3.05, 3.63) is 65.1 Å². The van der Waals surface area contributed by atoms with Gasteiger partial charge in [-0.2, -0.15) is 0 Å². The van der Waals surface area contributed by atoms with Gasteiger partial charge in [-0.15, -0.1) is 0 Å². The summed E-state index contributed by atoms with van der Waals surface area (Å²) in [6.07, 6.45) is 7.24. The van der Waals surface area contributed by atoms with Crippen LogP contribution in [0.25, 0.3) is 10.9 Å². The van der Waals surface area contributed by atoms with Gasteiger partial charge >= 0.3 is 0 Å². The molecular weight excluding hydrogens is 296 g/mol. The van der Waals surface area contributed by atoms with Crippen molar-refractivity contribution < 1.29 is 4.79 Å². The minimum absolute atomic E-state index is 0.109. The molecule has 1 saturated carbocycles. The number of aryl methyl sites for hydroxylation is 1. The molecule has 1 fully saturated rings. The first kappa shape index (κ1) is 15.1. The molecule has 0 amide bonds. The number of benzene rings is 1. The minimum atomic E-state index is 0.109. The molecule has 0 spiro atoms. The predicted molar refractivity (Wildman–Crippen MR) is 96.6 cm³/mol. The average Bonchev–Trinajstić information content (AvgIpc) is 3.35. The van der Waals surface area contributed by atoms with Crippen molar-refractivity contribution in [3.8, 4) is 0 Å². The van der Waals surface area contributed by atoms with Gasteiger partial charge in [0.05, 0.1) is 5.69 Å². The molecule has 1 aliphatic carbocycles. The van der Waals surface area contributed by atoms with E-state index in [4.69, 9.17) is 0 Å². The van der Waals surface area contributed by atoms with Gasteiger partial charge in [-0.05, 0) is 67.3 Å². The van der Waals surface area contributed by atoms with Crippen LogP contribution in [0.4, 0.5) is 0 Å². The molecule has 0 radical (unpaired) electrons. The fourth-order valence-corrected chi connectivity index (χ4v) is 3.40. The summed E-state index contributed by atoms with van der Waals surface area (Å²) >= 11 is 0. The van der Waals surface area contributed by atoms with E-state index in [0.29, 0.717) is 12.3 Å². The topological polar surface area (TPSA) is 34.9 Å². The maximum Gasteiger partial charge on any atom is 0.161 e. The van der Waals surface area contributed by atoms with Gasteiger partial charge in [0.2, 0.25) is 0 Å². The lowest BCUT2D eigenvalue weighted by atomic mass is 9.99. The average molecular weight is 318 g/mol. The van der Waals surface area contributed by atoms with E-state index in [0.717, 1.165) is 17.8 Å². The van der Waals surface area contributed by atoms with Crippen LogP contribution in [0.5, 0.6) is 0 Å². The molecule has 3 heteroatoms. The molecule has 3 aromatic rings. The third kappa shape index (κ3) is 2.75. The van der Waals surface area contributed by atoms with E-state index in [9.17, 15) is 4.79 Å². The van der Waals surface area contributed by atoms with Crippen molar-refractivity contribution in [2.24, 2.45) is 0 Å². The maximum absolute atomic E-state index is 12.1. The predicted octanol–water partition coefficient (Wildman–Crippen LogP) is 4.73. The highest BCUT2D eigenvalue weighted by molar-refractivity contribution is 5.95. The van der Waals surface area contributed by atoms with Crippen molar-refractivity contribution in [2.75, 3.05) is 0 Å². The quantitative estimate of drug-likeness (QED) is 0.638. The molecule has 122 valence electrons. The monoisotopic (exact) mass is 318 g/mol. The zero-order chi connectivity index (χ0) is 16.7. The lowest BCUT2D eigenvalue weighted by Gasteiger charge is -2.10. The summed E-state index contributed by atoms with van der Waals surface area (Å²) in [7, 11) is 0. The summed E-state index contributed by atoms with van der Waals surface area (Å²) in [6, 6.07) is 10.7. The molecule has 2 aromatic heterocycles. The number of Topliss-reactive ketones (excluding diaryl/α,β-unsaturated/α-hetero) is 1. The fourth-order valence-electron chi connectivity index (χ4n) is 3.40. The molecule has 24 heavy (non-hydrogen) atoms. The molecule has 0 N–H and O–H groups in total. The van der Waals surface area contributed by atoms with Crippen molar-refractivity contribution in [1.29, 1.82) is 0 Å². The SMILES string of the molecule is CCn1ccc2ccc(Cc3ncc(C4CC4)cc3C(C)=O)cc21. The Morgan fingerprint density at radius 1 is 1.25 bits per heavy atom. The third-order valence-electron chi connectivity index (χ3n) is 4.97. The van der Waals surface area contributed by atoms with Crippen molar-refractivity contribution >= 4 is 16.7 Å². The van der Waals surface area contributed by atoms with Gasteiger partial charge < -0.3 is 4.57 Å². The van der Waals surface area contributed by atoms with Crippen LogP contribution in [0.15, 0.2) is 42.7 Å². The second-order valence-corrected chi connectivity index (χ2v) is 6.77. The number of nitrogens with zero attached hydrogens (tertiary/aromatic N) is 2. The summed E-state index contributed by atoms with van der Waals surface area (Å²) in [6.45, 7) is 4.75. The van der Waals surface area contributed by atoms with Gasteiger partial charge in [0.15, 0.2) is 5.78 Å². The first-order chi connectivity index (χ1) is 11.7. The highest BCUT2D eigenvalue weighted by Gasteiger charge is 2.25. The van der Waals surface area contributed by atoms with Crippen LogP contribution in [0.1, 0.15) is 59.8 Å². The molecule has 1 aromatic carbocycles. The Labute approximate surface area is 142 Å². The van der Waals surface area contributed by atoms with Gasteiger partial charge in [0.25, 0.3) is 0 Å². The lowest BCUT2D eigenvalue weighted by Crippen LogP contribution is -2.05. The number of hydrogen-bond donors (Lipinski definition) is 0. The van der Waals surface area contributed by atoms with Crippen LogP contribution in [0.2, 0.25) is 0 Å². The highest BCUT2D eigenvalue weighted by Crippen LogP contribution is 2.40. The Morgan fingerprint density at radius 3 is 2.79 bits per heavy atom. The number of carbonyl (C=O) groups excluding carboxylic acids is 1. The van der Waals surface area contributed by atoms with E-state index in [-0.39, 0.29) is 5.78 Å². The number of aromatic nitrogens is 2. The summed E-state index contributed by atoms with van der Waals surface area (Å²) in [4.78, 5) is 16.7. The molecule has 0 saturated heterocycles. The standard InChI is InChI=1S/C21H22N2O/c1-3-23-9-8-17-5-4-15(11-21(17)23)10-20-19(14(2)24)12-18(13-22-20)16-6-7-16/h4-5,8-9,11-13,16H,3,6-7,10H2,1-2H3. The molecule has 0 unspecified atom stereocenters. The Morgan fingerprint density at radius 2 is 2.08 bits per heavy atom. The minimum Gasteiger partial charge on any atom is -0.348 e. The number of pyridine rings is 1. The Balaban J connectivity index is 1.70. The van der Waals surface area contributed by atoms with Gasteiger partial charge in [-0.25, -0.2) is 0 Å². The van der Waals surface area contributed by atoms with Gasteiger partial charge in [-0.3, -0.25) is 9.78 Å². The van der Waals surface area contributed by atoms with Crippen LogP contribution in [0.3, 0.4) is 0 Å². The molecule has 0 bridgehead atoms. The van der Waals surface area contributed by atoms with Crippen LogP contribution >= 0.6 is 0 Å². The first-order valence-electron chi connectivity index (χ1n) is 8.73. The smallest absolute Gasteiger partial charge is 0.161 e. The van der Waals surface area contributed by atoms with Crippen LogP contribution in [-0.2, 0) is 13.0 Å². The van der Waals surface area contributed by atoms with Crippen molar-refractivity contribution in [1.82, 2.24) is 9.55 Å². The fraction of sp³-hybridized carbons (Fsp3) is 0.333. The van der Waals surface area contributed by atoms with E-state index in [1.165, 1.54) is 34.9 Å². The molecule has 0 atom stereocenters. The van der Waals surface area contributed by atoms with E-state index >= 15 is 0 Å². The Kier molecular flexibility index (Phi) is 3.72. The largest absolute Gasteiger partial charge is 0.348 e.